The van der Waals surface area contributed by atoms with Gasteiger partial charge in [0.05, 0.1) is 18.6 Å². The predicted octanol–water partition coefficient (Wildman–Crippen LogP) is 4.20. The molecule has 0 fully saturated rings. The van der Waals surface area contributed by atoms with Crippen LogP contribution in [0.15, 0.2) is 58.4 Å². The fourth-order valence-electron chi connectivity index (χ4n) is 4.15. The third-order valence-electron chi connectivity index (χ3n) is 5.89. The molecule has 9 heteroatoms. The van der Waals surface area contributed by atoms with Crippen molar-refractivity contribution in [3.8, 4) is 17.4 Å². The fraction of sp³-hybridized carbons (Fsp3) is 0.345. The Balaban J connectivity index is 1.54. The molecule has 0 unspecified atom stereocenters. The maximum atomic E-state index is 12.6. The topological polar surface area (TPSA) is 117 Å². The number of fused-ring (bicyclic) bond motifs is 1. The van der Waals surface area contributed by atoms with Gasteiger partial charge < -0.3 is 19.5 Å². The number of hydrogen-bond donors (Lipinski definition) is 1. The van der Waals surface area contributed by atoms with E-state index in [-0.39, 0.29) is 31.1 Å². The van der Waals surface area contributed by atoms with E-state index in [1.165, 1.54) is 0 Å². The van der Waals surface area contributed by atoms with E-state index in [4.69, 9.17) is 19.2 Å². The van der Waals surface area contributed by atoms with Crippen molar-refractivity contribution in [3.05, 3.63) is 80.5 Å². The highest BCUT2D eigenvalue weighted by molar-refractivity contribution is 5.86. The van der Waals surface area contributed by atoms with Crippen LogP contribution in [0.3, 0.4) is 0 Å². The van der Waals surface area contributed by atoms with E-state index in [1.54, 1.807) is 38.4 Å². The molecule has 4 aromatic rings. The van der Waals surface area contributed by atoms with Crippen LogP contribution in [0.5, 0.6) is 17.4 Å². The molecule has 2 aromatic carbocycles. The number of esters is 1. The van der Waals surface area contributed by atoms with Crippen LogP contribution >= 0.6 is 0 Å². The summed E-state index contributed by atoms with van der Waals surface area (Å²) in [5.74, 6) is 0.921. The first-order valence-corrected chi connectivity index (χ1v) is 12.7. The lowest BCUT2D eigenvalue weighted by molar-refractivity contribution is -0.144. The van der Waals surface area contributed by atoms with E-state index in [2.05, 4.69) is 30.2 Å². The Morgan fingerprint density at radius 2 is 1.76 bits per heavy atom. The number of rotatable bonds is 12. The first-order valence-electron chi connectivity index (χ1n) is 12.7. The molecule has 1 N–H and O–H groups in total. The molecule has 0 saturated carbocycles. The molecule has 0 bridgehead atoms. The number of anilines is 1. The van der Waals surface area contributed by atoms with Crippen LogP contribution in [0.4, 0.5) is 5.69 Å². The Hall–Kier alpha value is -4.27. The number of ether oxygens (including phenoxy) is 3. The minimum Gasteiger partial charge on any atom is -0.488 e. The summed E-state index contributed by atoms with van der Waals surface area (Å²) >= 11 is 0. The molecular weight excluding hydrogens is 486 g/mol. The first kappa shape index (κ1) is 26.8. The van der Waals surface area contributed by atoms with Crippen molar-refractivity contribution < 1.29 is 19.0 Å². The Bertz CT molecular complexity index is 1490. The zero-order valence-electron chi connectivity index (χ0n) is 21.9. The molecule has 2 aromatic heterocycles. The van der Waals surface area contributed by atoms with Gasteiger partial charge in [-0.25, -0.2) is 9.78 Å². The average Bonchev–Trinajstić information content (AvgIpc) is 2.90. The third kappa shape index (κ3) is 5.99. The standard InChI is InChI=1S/C29H31N3O6/c1-5-36-27-24(25(33)26(27)34)32-23(29(35)37-6-2)14-18-7-9-21(10-8-18)38-28-22-16-30-12-11-19(22)15-20(31-28)13-17(3)4/h7-12,15-17,23,32H,5-6,13-14H2,1-4H3/t23-/m0/s1. The molecule has 4 rings (SSSR count). The number of carbonyl (C=O) groups is 1. The quantitative estimate of drug-likeness (QED) is 0.218. The zero-order chi connectivity index (χ0) is 27.2. The highest BCUT2D eigenvalue weighted by atomic mass is 16.5. The van der Waals surface area contributed by atoms with Gasteiger partial charge in [-0.1, -0.05) is 26.0 Å². The first-order chi connectivity index (χ1) is 18.3. The summed E-state index contributed by atoms with van der Waals surface area (Å²) in [5.41, 5.74) is 0.335. The lowest BCUT2D eigenvalue weighted by Gasteiger charge is -2.21. The lowest BCUT2D eigenvalue weighted by atomic mass is 10.0. The van der Waals surface area contributed by atoms with Crippen molar-refractivity contribution in [2.45, 2.75) is 46.6 Å². The molecule has 0 spiro atoms. The minimum absolute atomic E-state index is 0.00250. The van der Waals surface area contributed by atoms with Gasteiger partial charge in [0.25, 0.3) is 10.9 Å². The van der Waals surface area contributed by atoms with E-state index in [0.717, 1.165) is 28.5 Å². The molecular formula is C29H31N3O6. The molecule has 2 heterocycles. The Morgan fingerprint density at radius 3 is 2.45 bits per heavy atom. The second kappa shape index (κ2) is 11.9. The zero-order valence-corrected chi connectivity index (χ0v) is 21.9. The molecule has 1 atom stereocenters. The number of carbonyl (C=O) groups excluding carboxylic acids is 1. The molecule has 0 saturated heterocycles. The van der Waals surface area contributed by atoms with Gasteiger partial charge in [-0.05, 0) is 61.4 Å². The van der Waals surface area contributed by atoms with E-state index < -0.39 is 22.9 Å². The van der Waals surface area contributed by atoms with E-state index in [0.29, 0.717) is 17.5 Å². The molecule has 0 aliphatic carbocycles. The van der Waals surface area contributed by atoms with Crippen LogP contribution in [0.2, 0.25) is 0 Å². The third-order valence-corrected chi connectivity index (χ3v) is 5.89. The van der Waals surface area contributed by atoms with E-state index in [9.17, 15) is 14.4 Å². The van der Waals surface area contributed by atoms with Gasteiger partial charge in [0.1, 0.15) is 17.5 Å². The van der Waals surface area contributed by atoms with E-state index in [1.807, 2.05) is 18.2 Å². The van der Waals surface area contributed by atoms with Crippen LogP contribution in [0.25, 0.3) is 10.8 Å². The average molecular weight is 518 g/mol. The predicted molar refractivity (Wildman–Crippen MR) is 145 cm³/mol. The molecule has 0 amide bonds. The Kier molecular flexibility index (Phi) is 8.35. The Labute approximate surface area is 220 Å². The summed E-state index contributed by atoms with van der Waals surface area (Å²) < 4.78 is 16.6. The molecule has 9 nitrogen and oxygen atoms in total. The summed E-state index contributed by atoms with van der Waals surface area (Å²) in [6.07, 6.45) is 4.52. The lowest BCUT2D eigenvalue weighted by Crippen LogP contribution is -2.42. The number of nitrogens with zero attached hydrogens (tertiary/aromatic N) is 2. The number of aromatic nitrogens is 2. The maximum absolute atomic E-state index is 12.6. The SMILES string of the molecule is CCOC(=O)[C@H](Cc1ccc(Oc2nc(CC(C)C)cc3ccncc23)cc1)Nc1c(OCC)c(=O)c1=O. The maximum Gasteiger partial charge on any atom is 0.328 e. The van der Waals surface area contributed by atoms with Gasteiger partial charge in [-0.15, -0.1) is 0 Å². The fourth-order valence-corrected chi connectivity index (χ4v) is 4.15. The van der Waals surface area contributed by atoms with Gasteiger partial charge in [0.2, 0.25) is 5.88 Å². The summed E-state index contributed by atoms with van der Waals surface area (Å²) in [4.78, 5) is 45.5. The van der Waals surface area contributed by atoms with Crippen LogP contribution in [0, 0.1) is 5.92 Å². The van der Waals surface area contributed by atoms with Crippen molar-refractivity contribution in [2.24, 2.45) is 5.92 Å². The normalized spacial score (nSPS) is 12.0. The molecule has 198 valence electrons. The number of pyridine rings is 2. The molecule has 0 aliphatic heterocycles. The highest BCUT2D eigenvalue weighted by Crippen LogP contribution is 2.29. The smallest absolute Gasteiger partial charge is 0.328 e. The summed E-state index contributed by atoms with van der Waals surface area (Å²) in [7, 11) is 0. The largest absolute Gasteiger partial charge is 0.488 e. The van der Waals surface area contributed by atoms with E-state index >= 15 is 0 Å². The minimum atomic E-state index is -0.881. The number of nitrogens with one attached hydrogen (secondary N) is 1. The number of benzene rings is 1. The molecule has 0 radical (unpaired) electrons. The second-order valence-corrected chi connectivity index (χ2v) is 9.31. The van der Waals surface area contributed by atoms with Crippen molar-refractivity contribution in [1.82, 2.24) is 9.97 Å². The number of hydrogen-bond acceptors (Lipinski definition) is 9. The van der Waals surface area contributed by atoms with Crippen molar-refractivity contribution in [3.63, 3.8) is 0 Å². The molecule has 38 heavy (non-hydrogen) atoms. The molecule has 0 aliphatic rings. The van der Waals surface area contributed by atoms with Gasteiger partial charge in [-0.2, -0.15) is 0 Å². The van der Waals surface area contributed by atoms with Gasteiger partial charge in [-0.3, -0.25) is 14.6 Å². The summed E-state index contributed by atoms with van der Waals surface area (Å²) in [5, 5.41) is 4.68. The highest BCUT2D eigenvalue weighted by Gasteiger charge is 2.28. The van der Waals surface area contributed by atoms with Crippen molar-refractivity contribution in [1.29, 1.82) is 0 Å². The van der Waals surface area contributed by atoms with Crippen LogP contribution in [-0.2, 0) is 22.4 Å². The van der Waals surface area contributed by atoms with Crippen molar-refractivity contribution in [2.75, 3.05) is 18.5 Å². The second-order valence-electron chi connectivity index (χ2n) is 9.31. The van der Waals surface area contributed by atoms with Crippen molar-refractivity contribution >= 4 is 22.4 Å². The van der Waals surface area contributed by atoms with Gasteiger partial charge in [0, 0.05) is 24.5 Å². The monoisotopic (exact) mass is 517 g/mol. The summed E-state index contributed by atoms with van der Waals surface area (Å²) in [6, 6.07) is 10.3. The Morgan fingerprint density at radius 1 is 1.00 bits per heavy atom. The van der Waals surface area contributed by atoms with Gasteiger partial charge in [0.15, 0.2) is 5.75 Å². The van der Waals surface area contributed by atoms with Crippen LogP contribution in [-0.4, -0.2) is 35.2 Å². The summed E-state index contributed by atoms with van der Waals surface area (Å²) in [6.45, 7) is 8.10. The van der Waals surface area contributed by atoms with Crippen LogP contribution < -0.4 is 25.6 Å². The van der Waals surface area contributed by atoms with Gasteiger partial charge >= 0.3 is 5.97 Å². The van der Waals surface area contributed by atoms with Crippen LogP contribution in [0.1, 0.15) is 39.0 Å².